The number of furan rings is 1. The Morgan fingerprint density at radius 1 is 0.719 bits per heavy atom. The number of carbonyl (C=O) groups excluding carboxylic acids is 2. The van der Waals surface area contributed by atoms with E-state index < -0.39 is 0 Å². The molecule has 0 saturated heterocycles. The zero-order valence-corrected chi connectivity index (χ0v) is 38.3. The van der Waals surface area contributed by atoms with Crippen molar-refractivity contribution in [1.82, 2.24) is 5.32 Å². The molecule has 8 heteroatoms. The van der Waals surface area contributed by atoms with E-state index in [-0.39, 0.29) is 20.4 Å². The largest absolute Gasteiger partial charge is 0.0554 e. The quantitative estimate of drug-likeness (QED) is 0.0309. The molecule has 0 bridgehead atoms. The third-order valence-corrected chi connectivity index (χ3v) is 16.1. The van der Waals surface area contributed by atoms with E-state index in [0.717, 1.165) is 36.4 Å². The van der Waals surface area contributed by atoms with Gasteiger partial charge in [0.15, 0.2) is 0 Å². The zero-order valence-electron chi connectivity index (χ0n) is 34.9. The van der Waals surface area contributed by atoms with Gasteiger partial charge < -0.3 is 4.74 Å². The monoisotopic (exact) mass is 875 g/mol. The van der Waals surface area contributed by atoms with Crippen LogP contribution in [-0.4, -0.2) is 39.8 Å². The molecule has 4 heterocycles. The van der Waals surface area contributed by atoms with Gasteiger partial charge in [0.1, 0.15) is 5.75 Å². The number of aryl methyl sites for hydroxylation is 3. The molecule has 0 fully saturated rings. The van der Waals surface area contributed by atoms with Gasteiger partial charge in [0.25, 0.3) is 0 Å². The van der Waals surface area contributed by atoms with Gasteiger partial charge in [-0.1, -0.05) is 116 Å². The number of benzene rings is 1. The van der Waals surface area contributed by atoms with Crippen LogP contribution in [0.15, 0.2) is 65.1 Å². The fourth-order valence-electron chi connectivity index (χ4n) is 7.50. The summed E-state index contributed by atoms with van der Waals surface area (Å²) in [5.41, 5.74) is 1.86. The van der Waals surface area contributed by atoms with Crippen LogP contribution < -0.4 is 10.1 Å². The van der Waals surface area contributed by atoms with Crippen LogP contribution in [0.5, 0.6) is 5.75 Å². The van der Waals surface area contributed by atoms with Gasteiger partial charge in [-0.2, -0.15) is 0 Å². The number of thiophene rings is 2. The Bertz CT molecular complexity index is 1910. The van der Waals surface area contributed by atoms with Gasteiger partial charge in [0.05, 0.1) is 6.61 Å². The normalized spacial score (nSPS) is 11.9. The number of amides is 1. The summed E-state index contributed by atoms with van der Waals surface area (Å²) in [4.78, 5) is 30.4. The Hall–Kier alpha value is -3.16. The van der Waals surface area contributed by atoms with Gasteiger partial charge in [-0.3, -0.25) is 0 Å². The molecular weight excluding hydrogens is 810 g/mol. The summed E-state index contributed by atoms with van der Waals surface area (Å²) in [6, 6.07) is 21.4. The third kappa shape index (κ3) is 14.3. The Morgan fingerprint density at radius 2 is 1.30 bits per heavy atom. The summed E-state index contributed by atoms with van der Waals surface area (Å²) in [5.74, 6) is 2.23. The Labute approximate surface area is 356 Å². The van der Waals surface area contributed by atoms with Gasteiger partial charge >= 0.3 is 195 Å². The zero-order chi connectivity index (χ0) is 40.2. The van der Waals surface area contributed by atoms with Crippen molar-refractivity contribution in [1.29, 1.82) is 0 Å². The molecule has 0 aliphatic heterocycles. The minimum atomic E-state index is -0.272. The summed E-state index contributed by atoms with van der Waals surface area (Å²) >= 11 is 3.66. The van der Waals surface area contributed by atoms with Gasteiger partial charge in [0, 0.05) is 0 Å². The maximum absolute atomic E-state index is 13.6. The van der Waals surface area contributed by atoms with Crippen molar-refractivity contribution in [3.63, 3.8) is 0 Å². The Kier molecular flexibility index (Phi) is 19.5. The van der Waals surface area contributed by atoms with Crippen LogP contribution in [0.1, 0.15) is 160 Å². The van der Waals surface area contributed by atoms with Crippen LogP contribution >= 0.6 is 22.7 Å². The van der Waals surface area contributed by atoms with Crippen molar-refractivity contribution in [2.24, 2.45) is 5.92 Å². The molecule has 4 aromatic heterocycles. The van der Waals surface area contributed by atoms with Crippen LogP contribution in [-0.2, 0) is 6.42 Å². The summed E-state index contributed by atoms with van der Waals surface area (Å²) < 4.78 is 15.2. The first-order chi connectivity index (χ1) is 27.9. The smallest absolute Gasteiger partial charge is 0.0197 e. The van der Waals surface area contributed by atoms with E-state index in [9.17, 15) is 9.59 Å². The topological polar surface area (TPSA) is 68.5 Å². The average molecular weight is 875 g/mol. The second-order valence-corrected chi connectivity index (χ2v) is 20.3. The number of hydrogen-bond donors (Lipinski definition) is 1. The first kappa shape index (κ1) is 44.9. The summed E-state index contributed by atoms with van der Waals surface area (Å²) in [6.45, 7) is 9.76. The van der Waals surface area contributed by atoms with Crippen molar-refractivity contribution in [2.45, 2.75) is 143 Å². The molecule has 5 rings (SSSR count). The second-order valence-electron chi connectivity index (χ2n) is 15.6. The van der Waals surface area contributed by atoms with E-state index >= 15 is 0 Å². The van der Waals surface area contributed by atoms with Crippen LogP contribution in [0, 0.1) is 19.8 Å². The molecule has 1 atom stereocenters. The fourth-order valence-corrected chi connectivity index (χ4v) is 11.9. The summed E-state index contributed by atoms with van der Waals surface area (Å²) in [7, 11) is 0. The summed E-state index contributed by atoms with van der Waals surface area (Å²) in [6.07, 6.45) is 23.8. The maximum Gasteiger partial charge on any atom is -0.0197 e. The van der Waals surface area contributed by atoms with E-state index in [1.807, 2.05) is 17.4 Å². The van der Waals surface area contributed by atoms with Crippen molar-refractivity contribution >= 4 is 49.4 Å². The van der Waals surface area contributed by atoms with Gasteiger partial charge in [-0.05, 0) is 30.9 Å². The standard InChI is InChI=1S/C49H65NO4S2Se/c1-5-7-9-11-13-14-16-18-21-39(20-17-15-12-10-8-6-2)35-53-40-26-24-38(25-27-40)22-19-33-50-49(52)47-41(34-51)37(4)54-48(47)44-30-29-43(56-44)46-32-31-45(57-46)42-28-23-36(3)55-42/h23-32,34,39H,5-22,33,35H2,1-4H3,(H,50,52). The maximum atomic E-state index is 13.6. The number of nitrogens with one attached hydrogen (secondary N) is 1. The van der Waals surface area contributed by atoms with E-state index in [1.54, 1.807) is 18.3 Å². The molecule has 57 heavy (non-hydrogen) atoms. The average Bonchev–Trinajstić information content (AvgIpc) is 4.04. The molecule has 0 saturated carbocycles. The van der Waals surface area contributed by atoms with Crippen molar-refractivity contribution in [3.8, 4) is 35.0 Å². The molecule has 5 nitrogen and oxygen atoms in total. The van der Waals surface area contributed by atoms with Crippen LogP contribution in [0.2, 0.25) is 0 Å². The number of unbranched alkanes of at least 4 members (excludes halogenated alkanes) is 12. The molecule has 308 valence electrons. The number of rotatable bonds is 28. The van der Waals surface area contributed by atoms with Crippen LogP contribution in [0.4, 0.5) is 0 Å². The molecular formula is C49H65NO4S2Se. The van der Waals surface area contributed by atoms with E-state index in [4.69, 9.17) is 9.15 Å². The molecule has 0 radical (unpaired) electrons. The predicted octanol–water partition coefficient (Wildman–Crippen LogP) is 14.5. The minimum Gasteiger partial charge on any atom is -0.0554 e. The minimum absolute atomic E-state index is 0.211. The van der Waals surface area contributed by atoms with Crippen molar-refractivity contribution in [2.75, 3.05) is 13.2 Å². The van der Waals surface area contributed by atoms with E-state index in [2.05, 4.69) is 80.7 Å². The van der Waals surface area contributed by atoms with E-state index in [1.165, 1.54) is 132 Å². The Morgan fingerprint density at radius 3 is 1.89 bits per heavy atom. The number of ether oxygens (including phenoxy) is 1. The molecule has 0 aliphatic rings. The molecule has 5 aromatic rings. The SMILES string of the molecule is CCCCCCCCCCC(CCCCCCCC)COc1ccc(CCCNC(=O)c2c(-c3ccc(-c4ccc(-c5ccc(C)s5)[se]4)s3)oc(C)c2C=O)cc1. The number of carbonyl (C=O) groups is 2. The second kappa shape index (κ2) is 24.7. The predicted molar refractivity (Wildman–Crippen MR) is 244 cm³/mol. The molecule has 1 N–H and O–H groups in total. The molecule has 1 amide bonds. The van der Waals surface area contributed by atoms with Gasteiger partial charge in [-0.15, -0.1) is 0 Å². The number of hydrogen-bond acceptors (Lipinski definition) is 6. The third-order valence-electron chi connectivity index (χ3n) is 10.9. The molecule has 1 unspecified atom stereocenters. The van der Waals surface area contributed by atoms with Crippen molar-refractivity contribution in [3.05, 3.63) is 88.0 Å². The van der Waals surface area contributed by atoms with Gasteiger partial charge in [0.2, 0.25) is 0 Å². The van der Waals surface area contributed by atoms with Crippen molar-refractivity contribution < 1.29 is 18.7 Å². The Balaban J connectivity index is 1.08. The van der Waals surface area contributed by atoms with Crippen LogP contribution in [0.3, 0.4) is 0 Å². The first-order valence-corrected chi connectivity index (χ1v) is 25.1. The van der Waals surface area contributed by atoms with Gasteiger partial charge in [-0.25, -0.2) is 0 Å². The summed E-state index contributed by atoms with van der Waals surface area (Å²) in [5, 5.41) is 3.07. The molecule has 0 aliphatic carbocycles. The first-order valence-electron chi connectivity index (χ1n) is 21.8. The fraction of sp³-hybridized carbons (Fsp3) is 0.510. The molecule has 0 spiro atoms. The number of aldehydes is 1. The van der Waals surface area contributed by atoms with Crippen LogP contribution in [0.25, 0.3) is 29.3 Å². The molecule has 1 aromatic carbocycles. The van der Waals surface area contributed by atoms with E-state index in [0.29, 0.717) is 35.1 Å².